The lowest BCUT2D eigenvalue weighted by Crippen LogP contribution is -2.41. The average Bonchev–Trinajstić information content (AvgIpc) is 2.84. The summed E-state index contributed by atoms with van der Waals surface area (Å²) in [5, 5.41) is 14.6. The number of nitro benzene ring substituents is 1. The number of nitrogens with one attached hydrogen (secondary N) is 1. The maximum Gasteiger partial charge on any atom is 0.274 e. The molecule has 0 spiro atoms. The lowest BCUT2D eigenvalue weighted by Gasteiger charge is -2.33. The normalized spacial score (nSPS) is 26.2. The standard InChI is InChI=1S/C15H21N3O2/c1-11-12(5-4-7-14(11)18(19)20)16-13-8-10-17-9-3-2-6-15(13)17/h4-5,7,13,15-16H,2-3,6,8-10H2,1H3. The molecule has 2 unspecified atom stereocenters. The van der Waals surface area contributed by atoms with Gasteiger partial charge in [0, 0.05) is 35.9 Å². The number of fused-ring (bicyclic) bond motifs is 1. The van der Waals surface area contributed by atoms with Crippen molar-refractivity contribution in [3.63, 3.8) is 0 Å². The molecule has 0 aliphatic carbocycles. The van der Waals surface area contributed by atoms with E-state index < -0.39 is 0 Å². The van der Waals surface area contributed by atoms with E-state index in [-0.39, 0.29) is 10.6 Å². The fourth-order valence-electron chi connectivity index (χ4n) is 3.59. The van der Waals surface area contributed by atoms with Crippen LogP contribution in [-0.4, -0.2) is 35.0 Å². The smallest absolute Gasteiger partial charge is 0.274 e. The highest BCUT2D eigenvalue weighted by atomic mass is 16.6. The van der Waals surface area contributed by atoms with Crippen molar-refractivity contribution in [3.05, 3.63) is 33.9 Å². The maximum atomic E-state index is 11.0. The van der Waals surface area contributed by atoms with Gasteiger partial charge >= 0.3 is 0 Å². The first-order valence-electron chi connectivity index (χ1n) is 7.41. The Morgan fingerprint density at radius 1 is 1.30 bits per heavy atom. The predicted molar refractivity (Wildman–Crippen MR) is 79.1 cm³/mol. The number of hydrogen-bond donors (Lipinski definition) is 1. The zero-order valence-corrected chi connectivity index (χ0v) is 11.8. The molecule has 5 nitrogen and oxygen atoms in total. The van der Waals surface area contributed by atoms with Crippen molar-refractivity contribution in [3.8, 4) is 0 Å². The number of nitro groups is 1. The first kappa shape index (κ1) is 13.4. The van der Waals surface area contributed by atoms with Crippen molar-refractivity contribution in [2.75, 3.05) is 18.4 Å². The van der Waals surface area contributed by atoms with Gasteiger partial charge in [-0.2, -0.15) is 0 Å². The second-order valence-corrected chi connectivity index (χ2v) is 5.85. The number of anilines is 1. The van der Waals surface area contributed by atoms with Crippen LogP contribution in [0, 0.1) is 17.0 Å². The van der Waals surface area contributed by atoms with Gasteiger partial charge in [-0.1, -0.05) is 12.5 Å². The van der Waals surface area contributed by atoms with Gasteiger partial charge in [-0.05, 0) is 38.8 Å². The van der Waals surface area contributed by atoms with E-state index in [1.165, 1.54) is 25.8 Å². The highest BCUT2D eigenvalue weighted by Crippen LogP contribution is 2.32. The molecule has 0 amide bonds. The van der Waals surface area contributed by atoms with Crippen LogP contribution in [0.15, 0.2) is 18.2 Å². The quantitative estimate of drug-likeness (QED) is 0.680. The van der Waals surface area contributed by atoms with Crippen LogP contribution >= 0.6 is 0 Å². The van der Waals surface area contributed by atoms with Gasteiger partial charge in [0.05, 0.1) is 4.92 Å². The average molecular weight is 275 g/mol. The summed E-state index contributed by atoms with van der Waals surface area (Å²) in [5.74, 6) is 0. The van der Waals surface area contributed by atoms with Gasteiger partial charge in [-0.15, -0.1) is 0 Å². The first-order valence-corrected chi connectivity index (χ1v) is 7.41. The summed E-state index contributed by atoms with van der Waals surface area (Å²) < 4.78 is 0. The summed E-state index contributed by atoms with van der Waals surface area (Å²) >= 11 is 0. The molecule has 3 rings (SSSR count). The Morgan fingerprint density at radius 3 is 2.95 bits per heavy atom. The molecule has 1 aromatic carbocycles. The highest BCUT2D eigenvalue weighted by Gasteiger charge is 2.35. The Kier molecular flexibility index (Phi) is 3.61. The molecule has 2 heterocycles. The van der Waals surface area contributed by atoms with Crippen LogP contribution in [0.3, 0.4) is 0 Å². The van der Waals surface area contributed by atoms with E-state index in [0.717, 1.165) is 24.2 Å². The van der Waals surface area contributed by atoms with Crippen LogP contribution in [-0.2, 0) is 0 Å². The predicted octanol–water partition coefficient (Wildman–Crippen LogP) is 2.94. The van der Waals surface area contributed by atoms with Crippen LogP contribution in [0.1, 0.15) is 31.2 Å². The molecule has 2 atom stereocenters. The minimum Gasteiger partial charge on any atom is -0.380 e. The van der Waals surface area contributed by atoms with Gasteiger partial charge in [0.1, 0.15) is 0 Å². The van der Waals surface area contributed by atoms with Crippen molar-refractivity contribution >= 4 is 11.4 Å². The van der Waals surface area contributed by atoms with E-state index in [9.17, 15) is 10.1 Å². The van der Waals surface area contributed by atoms with E-state index in [1.54, 1.807) is 12.1 Å². The van der Waals surface area contributed by atoms with E-state index in [4.69, 9.17) is 0 Å². The second-order valence-electron chi connectivity index (χ2n) is 5.85. The SMILES string of the molecule is Cc1c(NC2CCN3CCCCC23)cccc1[N+](=O)[O-]. The van der Waals surface area contributed by atoms with Gasteiger partial charge in [-0.3, -0.25) is 15.0 Å². The number of piperidine rings is 1. The Labute approximate surface area is 119 Å². The lowest BCUT2D eigenvalue weighted by atomic mass is 9.98. The Morgan fingerprint density at radius 2 is 2.15 bits per heavy atom. The van der Waals surface area contributed by atoms with Gasteiger partial charge in [0.2, 0.25) is 0 Å². The Hall–Kier alpha value is -1.62. The molecule has 0 radical (unpaired) electrons. The molecule has 20 heavy (non-hydrogen) atoms. The van der Waals surface area contributed by atoms with Crippen molar-refractivity contribution in [1.29, 1.82) is 0 Å². The van der Waals surface area contributed by atoms with Gasteiger partial charge in [-0.25, -0.2) is 0 Å². The Balaban J connectivity index is 1.78. The third-order valence-electron chi connectivity index (χ3n) is 4.70. The van der Waals surface area contributed by atoms with E-state index in [1.807, 2.05) is 13.0 Å². The largest absolute Gasteiger partial charge is 0.380 e. The molecule has 1 N–H and O–H groups in total. The zero-order valence-electron chi connectivity index (χ0n) is 11.8. The number of nitrogens with zero attached hydrogens (tertiary/aromatic N) is 2. The summed E-state index contributed by atoms with van der Waals surface area (Å²) in [6.07, 6.45) is 4.98. The third-order valence-corrected chi connectivity index (χ3v) is 4.70. The van der Waals surface area contributed by atoms with Crippen LogP contribution in [0.2, 0.25) is 0 Å². The zero-order chi connectivity index (χ0) is 14.1. The van der Waals surface area contributed by atoms with Crippen LogP contribution in [0.25, 0.3) is 0 Å². The maximum absolute atomic E-state index is 11.0. The summed E-state index contributed by atoms with van der Waals surface area (Å²) in [5.41, 5.74) is 1.86. The van der Waals surface area contributed by atoms with E-state index >= 15 is 0 Å². The molecule has 0 bridgehead atoms. The highest BCUT2D eigenvalue weighted by molar-refractivity contribution is 5.60. The van der Waals surface area contributed by atoms with E-state index in [0.29, 0.717) is 12.1 Å². The fourth-order valence-corrected chi connectivity index (χ4v) is 3.59. The minimum atomic E-state index is -0.303. The second kappa shape index (κ2) is 5.40. The molecular formula is C15H21N3O2. The summed E-state index contributed by atoms with van der Waals surface area (Å²) in [7, 11) is 0. The van der Waals surface area contributed by atoms with Gasteiger partial charge in [0.25, 0.3) is 5.69 Å². The molecule has 108 valence electrons. The molecular weight excluding hydrogens is 254 g/mol. The number of benzene rings is 1. The van der Waals surface area contributed by atoms with Crippen molar-refractivity contribution < 1.29 is 4.92 Å². The van der Waals surface area contributed by atoms with Crippen molar-refractivity contribution in [1.82, 2.24) is 4.90 Å². The first-order chi connectivity index (χ1) is 9.66. The molecule has 2 aliphatic rings. The third kappa shape index (κ3) is 2.38. The van der Waals surface area contributed by atoms with Crippen LogP contribution < -0.4 is 5.32 Å². The summed E-state index contributed by atoms with van der Waals surface area (Å²) in [6, 6.07) is 6.31. The van der Waals surface area contributed by atoms with Gasteiger partial charge < -0.3 is 5.32 Å². The summed E-state index contributed by atoms with van der Waals surface area (Å²) in [4.78, 5) is 13.3. The molecule has 2 saturated heterocycles. The van der Waals surface area contributed by atoms with Crippen LogP contribution in [0.4, 0.5) is 11.4 Å². The monoisotopic (exact) mass is 275 g/mol. The molecule has 0 aromatic heterocycles. The fraction of sp³-hybridized carbons (Fsp3) is 0.600. The van der Waals surface area contributed by atoms with E-state index in [2.05, 4.69) is 10.2 Å². The molecule has 2 fully saturated rings. The topological polar surface area (TPSA) is 58.4 Å². The lowest BCUT2D eigenvalue weighted by molar-refractivity contribution is -0.385. The van der Waals surface area contributed by atoms with Gasteiger partial charge in [0.15, 0.2) is 0 Å². The minimum absolute atomic E-state index is 0.202. The molecule has 5 heteroatoms. The van der Waals surface area contributed by atoms with Crippen molar-refractivity contribution in [2.45, 2.75) is 44.7 Å². The number of rotatable bonds is 3. The molecule has 0 saturated carbocycles. The Bertz CT molecular complexity index is 518. The molecule has 2 aliphatic heterocycles. The van der Waals surface area contributed by atoms with Crippen molar-refractivity contribution in [2.24, 2.45) is 0 Å². The van der Waals surface area contributed by atoms with Crippen LogP contribution in [0.5, 0.6) is 0 Å². The summed E-state index contributed by atoms with van der Waals surface area (Å²) in [6.45, 7) is 4.18. The number of hydrogen-bond acceptors (Lipinski definition) is 4. The molecule has 1 aromatic rings.